The second-order valence-electron chi connectivity index (χ2n) is 14.9. The molecule has 10 rings (SSSR count). The molecule has 7 aromatic carbocycles. The molecule has 0 spiro atoms. The first-order valence-electron chi connectivity index (χ1n) is 18.4. The predicted octanol–water partition coefficient (Wildman–Crippen LogP) is 13.2. The maximum absolute atomic E-state index is 2.47. The monoisotopic (exact) mass is 665 g/mol. The molecule has 0 amide bonds. The molecule has 0 bridgehead atoms. The molecule has 0 saturated heterocycles. The van der Waals surface area contributed by atoms with Crippen LogP contribution in [0.3, 0.4) is 0 Å². The third-order valence-corrected chi connectivity index (χ3v) is 11.8. The van der Waals surface area contributed by atoms with Crippen molar-refractivity contribution in [3.63, 3.8) is 0 Å². The SMILES string of the molecule is CC1(C)c2ccccc2-c2ccc(N(c3ccc4c(c3)C3=C(CC=CC=C3)C4(c3ccccc3)c3ccccc3)c3ccc4ccccc4c3)cc21. The Labute approximate surface area is 306 Å². The van der Waals surface area contributed by atoms with Gasteiger partial charge in [-0.25, -0.2) is 0 Å². The van der Waals surface area contributed by atoms with E-state index in [0.717, 1.165) is 23.5 Å². The third-order valence-electron chi connectivity index (χ3n) is 11.8. The summed E-state index contributed by atoms with van der Waals surface area (Å²) in [5.74, 6) is 0. The van der Waals surface area contributed by atoms with Crippen molar-refractivity contribution in [3.05, 3.63) is 227 Å². The van der Waals surface area contributed by atoms with Crippen molar-refractivity contribution in [1.29, 1.82) is 0 Å². The molecule has 52 heavy (non-hydrogen) atoms. The van der Waals surface area contributed by atoms with Crippen LogP contribution in [0.4, 0.5) is 17.1 Å². The normalized spacial score (nSPS) is 15.9. The summed E-state index contributed by atoms with van der Waals surface area (Å²) < 4.78 is 0. The molecular weight excluding hydrogens is 627 g/mol. The van der Waals surface area contributed by atoms with Gasteiger partial charge in [0.1, 0.15) is 0 Å². The number of nitrogens with zero attached hydrogens (tertiary/aromatic N) is 1. The molecular formula is C51H39N. The number of benzene rings is 7. The van der Waals surface area contributed by atoms with E-state index in [-0.39, 0.29) is 5.41 Å². The lowest BCUT2D eigenvalue weighted by atomic mass is 9.66. The maximum atomic E-state index is 2.47. The number of anilines is 3. The van der Waals surface area contributed by atoms with Gasteiger partial charge in [-0.1, -0.05) is 166 Å². The van der Waals surface area contributed by atoms with Crippen molar-refractivity contribution >= 4 is 33.4 Å². The zero-order valence-corrected chi connectivity index (χ0v) is 29.6. The minimum atomic E-state index is -0.401. The van der Waals surface area contributed by atoms with E-state index in [1.807, 2.05) is 0 Å². The van der Waals surface area contributed by atoms with Gasteiger partial charge in [0.15, 0.2) is 0 Å². The summed E-state index contributed by atoms with van der Waals surface area (Å²) in [6.07, 6.45) is 9.95. The van der Waals surface area contributed by atoms with Gasteiger partial charge in [0.05, 0.1) is 5.41 Å². The predicted molar refractivity (Wildman–Crippen MR) is 219 cm³/mol. The van der Waals surface area contributed by atoms with Crippen molar-refractivity contribution in [2.45, 2.75) is 31.1 Å². The first kappa shape index (κ1) is 30.6. The Hall–Kier alpha value is -6.18. The second kappa shape index (κ2) is 11.7. The zero-order chi connectivity index (χ0) is 34.9. The molecule has 0 saturated carbocycles. The van der Waals surface area contributed by atoms with E-state index in [1.165, 1.54) is 66.4 Å². The maximum Gasteiger partial charge on any atom is 0.0679 e. The van der Waals surface area contributed by atoms with E-state index in [1.54, 1.807) is 0 Å². The van der Waals surface area contributed by atoms with Crippen LogP contribution in [0.25, 0.3) is 27.5 Å². The smallest absolute Gasteiger partial charge is 0.0679 e. The highest BCUT2D eigenvalue weighted by molar-refractivity contribution is 5.95. The van der Waals surface area contributed by atoms with Crippen LogP contribution in [-0.4, -0.2) is 0 Å². The van der Waals surface area contributed by atoms with Gasteiger partial charge in [-0.3, -0.25) is 0 Å². The molecule has 0 radical (unpaired) electrons. The second-order valence-corrected chi connectivity index (χ2v) is 14.9. The van der Waals surface area contributed by atoms with Crippen LogP contribution >= 0.6 is 0 Å². The summed E-state index contributed by atoms with van der Waals surface area (Å²) in [6.45, 7) is 4.73. The lowest BCUT2D eigenvalue weighted by Gasteiger charge is -2.36. The summed E-state index contributed by atoms with van der Waals surface area (Å²) in [5.41, 5.74) is 16.4. The van der Waals surface area contributed by atoms with Crippen LogP contribution in [0.1, 0.15) is 53.6 Å². The molecule has 1 nitrogen and oxygen atoms in total. The average molecular weight is 666 g/mol. The Morgan fingerprint density at radius 3 is 1.87 bits per heavy atom. The molecule has 0 atom stereocenters. The fourth-order valence-corrected chi connectivity index (χ4v) is 9.41. The van der Waals surface area contributed by atoms with Crippen molar-refractivity contribution in [1.82, 2.24) is 0 Å². The van der Waals surface area contributed by atoms with E-state index in [9.17, 15) is 0 Å². The van der Waals surface area contributed by atoms with Gasteiger partial charge in [-0.15, -0.1) is 0 Å². The number of allylic oxidation sites excluding steroid dienone is 6. The molecule has 248 valence electrons. The van der Waals surface area contributed by atoms with Crippen LogP contribution in [0.5, 0.6) is 0 Å². The molecule has 1 heteroatoms. The number of rotatable bonds is 5. The van der Waals surface area contributed by atoms with E-state index in [4.69, 9.17) is 0 Å². The number of fused-ring (bicyclic) bond motifs is 6. The largest absolute Gasteiger partial charge is 0.310 e. The first-order valence-corrected chi connectivity index (χ1v) is 18.4. The summed E-state index contributed by atoms with van der Waals surface area (Å²) >= 11 is 0. The highest BCUT2D eigenvalue weighted by Gasteiger charge is 2.47. The van der Waals surface area contributed by atoms with Gasteiger partial charge in [0, 0.05) is 22.5 Å². The van der Waals surface area contributed by atoms with Crippen molar-refractivity contribution in [3.8, 4) is 11.1 Å². The van der Waals surface area contributed by atoms with Crippen LogP contribution in [0.15, 0.2) is 194 Å². The first-order chi connectivity index (χ1) is 25.5. The minimum Gasteiger partial charge on any atom is -0.310 e. The fourth-order valence-electron chi connectivity index (χ4n) is 9.41. The van der Waals surface area contributed by atoms with Gasteiger partial charge in [0.25, 0.3) is 0 Å². The number of hydrogen-bond donors (Lipinski definition) is 0. The van der Waals surface area contributed by atoms with Crippen molar-refractivity contribution in [2.24, 2.45) is 0 Å². The van der Waals surface area contributed by atoms with Crippen molar-refractivity contribution < 1.29 is 0 Å². The third kappa shape index (κ3) is 4.42. The van der Waals surface area contributed by atoms with Crippen LogP contribution < -0.4 is 4.90 Å². The van der Waals surface area contributed by atoms with Gasteiger partial charge in [-0.05, 0) is 109 Å². The molecule has 0 unspecified atom stereocenters. The van der Waals surface area contributed by atoms with Gasteiger partial charge in [-0.2, -0.15) is 0 Å². The molecule has 7 aromatic rings. The molecule has 0 aliphatic heterocycles. The lowest BCUT2D eigenvalue weighted by Crippen LogP contribution is -2.30. The minimum absolute atomic E-state index is 0.0995. The summed E-state index contributed by atoms with van der Waals surface area (Å²) in [4.78, 5) is 2.47. The Balaban J connectivity index is 1.22. The Morgan fingerprint density at radius 1 is 0.462 bits per heavy atom. The zero-order valence-electron chi connectivity index (χ0n) is 29.6. The van der Waals surface area contributed by atoms with E-state index in [0.29, 0.717) is 0 Å². The Kier molecular flexibility index (Phi) is 6.88. The molecule has 3 aliphatic rings. The lowest BCUT2D eigenvalue weighted by molar-refractivity contribution is 0.660. The molecule has 0 aromatic heterocycles. The highest BCUT2D eigenvalue weighted by atomic mass is 15.1. The van der Waals surface area contributed by atoms with Gasteiger partial charge >= 0.3 is 0 Å². The van der Waals surface area contributed by atoms with E-state index < -0.39 is 5.41 Å². The average Bonchev–Trinajstić information content (AvgIpc) is 3.43. The van der Waals surface area contributed by atoms with Crippen LogP contribution in [0, 0.1) is 0 Å². The highest BCUT2D eigenvalue weighted by Crippen LogP contribution is 2.58. The van der Waals surface area contributed by atoms with Crippen LogP contribution in [0.2, 0.25) is 0 Å². The quantitative estimate of drug-likeness (QED) is 0.177. The number of hydrogen-bond acceptors (Lipinski definition) is 1. The standard InChI is InChI=1S/C51H39N/c1-50(2)46-24-15-14-23-42(46)44-30-28-41(34-49(44)50)52(39-27-26-35-16-12-13-17-36(35)32-39)40-29-31-48-45(33-40)43-22-10-5-11-25-47(43)51(48,37-18-6-3-7-19-37)38-20-8-4-9-21-38/h3-24,26-34H,25H2,1-2H3. The summed E-state index contributed by atoms with van der Waals surface area (Å²) in [7, 11) is 0. The Bertz CT molecular complexity index is 2580. The van der Waals surface area contributed by atoms with E-state index >= 15 is 0 Å². The van der Waals surface area contributed by atoms with E-state index in [2.05, 4.69) is 207 Å². The van der Waals surface area contributed by atoms with Crippen molar-refractivity contribution in [2.75, 3.05) is 4.90 Å². The fraction of sp³-hybridized carbons (Fsp3) is 0.0980. The Morgan fingerprint density at radius 2 is 1.08 bits per heavy atom. The van der Waals surface area contributed by atoms with Gasteiger partial charge in [0.2, 0.25) is 0 Å². The summed E-state index contributed by atoms with van der Waals surface area (Å²) in [6, 6.07) is 61.0. The molecule has 0 heterocycles. The van der Waals surface area contributed by atoms with Gasteiger partial charge < -0.3 is 4.90 Å². The summed E-state index contributed by atoms with van der Waals surface area (Å²) in [5, 5.41) is 2.47. The topological polar surface area (TPSA) is 3.24 Å². The molecule has 0 N–H and O–H groups in total. The molecule has 3 aliphatic carbocycles. The van der Waals surface area contributed by atoms with Crippen LogP contribution in [-0.2, 0) is 10.8 Å². The molecule has 0 fully saturated rings.